The maximum absolute atomic E-state index is 12.0. The van der Waals surface area contributed by atoms with Crippen molar-refractivity contribution in [2.45, 2.75) is 18.4 Å². The highest BCUT2D eigenvalue weighted by Crippen LogP contribution is 2.26. The number of rotatable bonds is 3. The molecule has 5 nitrogen and oxygen atoms in total. The van der Waals surface area contributed by atoms with Crippen molar-refractivity contribution in [2.75, 3.05) is 25.1 Å². The number of nitrogens with two attached hydrogens (primary N) is 1. The van der Waals surface area contributed by atoms with E-state index in [1.54, 1.807) is 4.90 Å². The van der Waals surface area contributed by atoms with Gasteiger partial charge in [-0.25, -0.2) is 8.42 Å². The summed E-state index contributed by atoms with van der Waals surface area (Å²) >= 11 is 0. The number of amides is 1. The Morgan fingerprint density at radius 2 is 2.00 bits per heavy atom. The normalized spacial score (nSPS) is 23.6. The number of likely N-dealkylation sites (tertiary alicyclic amines) is 1. The van der Waals surface area contributed by atoms with Crippen molar-refractivity contribution in [3.63, 3.8) is 0 Å². The fourth-order valence-corrected chi connectivity index (χ4v) is 3.20. The van der Waals surface area contributed by atoms with Gasteiger partial charge in [0.15, 0.2) is 9.84 Å². The molecule has 0 aromatic heterocycles. The predicted octanol–water partition coefficient (Wildman–Crippen LogP) is 0.374. The number of carbonyl (C=O) groups is 1. The van der Waals surface area contributed by atoms with E-state index in [1.165, 1.54) is 0 Å². The van der Waals surface area contributed by atoms with Crippen molar-refractivity contribution < 1.29 is 13.2 Å². The molecule has 0 saturated carbocycles. The van der Waals surface area contributed by atoms with Gasteiger partial charge in [-0.2, -0.15) is 0 Å². The summed E-state index contributed by atoms with van der Waals surface area (Å²) in [6, 6.07) is 9.81. The number of benzene rings is 1. The zero-order chi connectivity index (χ0) is 14.8. The van der Waals surface area contributed by atoms with Gasteiger partial charge in [0.2, 0.25) is 5.91 Å². The molecule has 0 radical (unpaired) electrons. The smallest absolute Gasteiger partial charge is 0.237 e. The molecular weight excluding hydrogens is 276 g/mol. The van der Waals surface area contributed by atoms with Gasteiger partial charge in [-0.1, -0.05) is 30.3 Å². The van der Waals surface area contributed by atoms with Crippen molar-refractivity contribution in [3.8, 4) is 0 Å². The Labute approximate surface area is 119 Å². The van der Waals surface area contributed by atoms with Crippen LogP contribution in [0.3, 0.4) is 0 Å². The Bertz CT molecular complexity index is 571. The van der Waals surface area contributed by atoms with Crippen molar-refractivity contribution in [1.82, 2.24) is 4.90 Å². The minimum absolute atomic E-state index is 0.000293. The zero-order valence-electron chi connectivity index (χ0n) is 11.5. The van der Waals surface area contributed by atoms with Gasteiger partial charge in [0.1, 0.15) is 5.75 Å². The number of carbonyl (C=O) groups excluding carboxylic acids is 1. The van der Waals surface area contributed by atoms with E-state index in [1.807, 2.05) is 30.3 Å². The molecule has 1 saturated heterocycles. The Hall–Kier alpha value is -1.40. The van der Waals surface area contributed by atoms with Gasteiger partial charge in [0.25, 0.3) is 0 Å². The molecule has 2 N–H and O–H groups in total. The van der Waals surface area contributed by atoms with E-state index in [9.17, 15) is 13.2 Å². The molecule has 1 aliphatic rings. The molecule has 2 rings (SSSR count). The molecule has 20 heavy (non-hydrogen) atoms. The topological polar surface area (TPSA) is 80.5 Å². The Kier molecular flexibility index (Phi) is 4.45. The van der Waals surface area contributed by atoms with E-state index in [0.29, 0.717) is 19.5 Å². The lowest BCUT2D eigenvalue weighted by molar-refractivity contribution is -0.129. The number of hydrogen-bond acceptors (Lipinski definition) is 4. The van der Waals surface area contributed by atoms with E-state index in [2.05, 4.69) is 0 Å². The summed E-state index contributed by atoms with van der Waals surface area (Å²) < 4.78 is 22.5. The van der Waals surface area contributed by atoms with Crippen LogP contribution in [0.15, 0.2) is 30.3 Å². The highest BCUT2D eigenvalue weighted by molar-refractivity contribution is 7.91. The lowest BCUT2D eigenvalue weighted by Crippen LogP contribution is -2.49. The van der Waals surface area contributed by atoms with Crippen molar-refractivity contribution in [3.05, 3.63) is 35.9 Å². The lowest BCUT2D eigenvalue weighted by atomic mass is 9.86. The van der Waals surface area contributed by atoms with Crippen LogP contribution in [0.5, 0.6) is 0 Å². The summed E-state index contributed by atoms with van der Waals surface area (Å²) in [7, 11) is -3.29. The van der Waals surface area contributed by atoms with Gasteiger partial charge in [0.05, 0.1) is 0 Å². The number of hydrogen-bond donors (Lipinski definition) is 1. The number of nitrogens with zero attached hydrogens (tertiary/aromatic N) is 1. The molecule has 1 aromatic rings. The van der Waals surface area contributed by atoms with Gasteiger partial charge < -0.3 is 10.6 Å². The summed E-state index contributed by atoms with van der Waals surface area (Å²) in [5, 5.41) is 0. The average molecular weight is 296 g/mol. The highest BCUT2D eigenvalue weighted by Gasteiger charge is 2.31. The molecule has 0 bridgehead atoms. The summed E-state index contributed by atoms with van der Waals surface area (Å²) in [5.74, 6) is -0.696. The van der Waals surface area contributed by atoms with Crippen LogP contribution in [0, 0.1) is 0 Å². The third-order valence-electron chi connectivity index (χ3n) is 3.63. The maximum Gasteiger partial charge on any atom is 0.237 e. The molecule has 2 atom stereocenters. The molecule has 2 unspecified atom stereocenters. The highest BCUT2D eigenvalue weighted by atomic mass is 32.2. The maximum atomic E-state index is 12.0. The first kappa shape index (κ1) is 15.0. The molecule has 1 fully saturated rings. The van der Waals surface area contributed by atoms with E-state index in [0.717, 1.165) is 11.8 Å². The zero-order valence-corrected chi connectivity index (χ0v) is 12.3. The van der Waals surface area contributed by atoms with Gasteiger partial charge in [-0.05, 0) is 12.0 Å². The SMILES string of the molecule is CS(=O)(=O)CC(=O)N1CCC(N)C(c2ccccc2)C1. The first-order chi connectivity index (χ1) is 9.37. The standard InChI is InChI=1S/C14H20N2O3S/c1-20(18,19)10-14(17)16-8-7-13(15)12(9-16)11-5-3-2-4-6-11/h2-6,12-13H,7-10,15H2,1H3. The van der Waals surface area contributed by atoms with Crippen molar-refractivity contribution in [2.24, 2.45) is 5.73 Å². The molecular formula is C14H20N2O3S. The fourth-order valence-electron chi connectivity index (χ4n) is 2.57. The largest absolute Gasteiger partial charge is 0.341 e. The second-order valence-electron chi connectivity index (χ2n) is 5.38. The third-order valence-corrected chi connectivity index (χ3v) is 4.40. The second-order valence-corrected chi connectivity index (χ2v) is 7.52. The number of piperidine rings is 1. The van der Waals surface area contributed by atoms with Crippen LogP contribution in [-0.2, 0) is 14.6 Å². The summed E-state index contributed by atoms with van der Waals surface area (Å²) in [4.78, 5) is 13.6. The Morgan fingerprint density at radius 3 is 2.60 bits per heavy atom. The van der Waals surface area contributed by atoms with Gasteiger partial charge in [0, 0.05) is 31.3 Å². The van der Waals surface area contributed by atoms with E-state index in [-0.39, 0.29) is 17.9 Å². The van der Waals surface area contributed by atoms with Gasteiger partial charge in [-0.15, -0.1) is 0 Å². The van der Waals surface area contributed by atoms with Crippen LogP contribution in [0.25, 0.3) is 0 Å². The second kappa shape index (κ2) is 5.93. The van der Waals surface area contributed by atoms with E-state index < -0.39 is 15.6 Å². The van der Waals surface area contributed by atoms with Crippen LogP contribution in [0.2, 0.25) is 0 Å². The van der Waals surface area contributed by atoms with Crippen LogP contribution in [0.1, 0.15) is 17.9 Å². The summed E-state index contributed by atoms with van der Waals surface area (Å²) in [6.45, 7) is 1.01. The van der Waals surface area contributed by atoms with Gasteiger partial charge in [-0.3, -0.25) is 4.79 Å². The first-order valence-electron chi connectivity index (χ1n) is 6.63. The molecule has 1 amide bonds. The van der Waals surface area contributed by atoms with E-state index in [4.69, 9.17) is 5.73 Å². The minimum atomic E-state index is -3.29. The Balaban J connectivity index is 2.10. The van der Waals surface area contributed by atoms with E-state index >= 15 is 0 Å². The minimum Gasteiger partial charge on any atom is -0.341 e. The quantitative estimate of drug-likeness (QED) is 0.874. The summed E-state index contributed by atoms with van der Waals surface area (Å²) in [5.41, 5.74) is 7.24. The monoisotopic (exact) mass is 296 g/mol. The van der Waals surface area contributed by atoms with Crippen LogP contribution in [-0.4, -0.2) is 50.4 Å². The molecule has 1 heterocycles. The molecule has 0 spiro atoms. The summed E-state index contributed by atoms with van der Waals surface area (Å²) in [6.07, 6.45) is 1.77. The average Bonchev–Trinajstić information content (AvgIpc) is 2.38. The predicted molar refractivity (Wildman–Crippen MR) is 78.1 cm³/mol. The molecule has 1 aliphatic heterocycles. The molecule has 110 valence electrons. The van der Waals surface area contributed by atoms with Gasteiger partial charge >= 0.3 is 0 Å². The van der Waals surface area contributed by atoms with Crippen LogP contribution < -0.4 is 5.73 Å². The van der Waals surface area contributed by atoms with Crippen LogP contribution in [0.4, 0.5) is 0 Å². The third kappa shape index (κ3) is 3.80. The fraction of sp³-hybridized carbons (Fsp3) is 0.500. The number of sulfone groups is 1. The Morgan fingerprint density at radius 1 is 1.35 bits per heavy atom. The molecule has 0 aliphatic carbocycles. The van der Waals surface area contributed by atoms with Crippen LogP contribution >= 0.6 is 0 Å². The van der Waals surface area contributed by atoms with Crippen molar-refractivity contribution in [1.29, 1.82) is 0 Å². The lowest BCUT2D eigenvalue weighted by Gasteiger charge is -2.37. The molecule has 6 heteroatoms. The van der Waals surface area contributed by atoms with Crippen molar-refractivity contribution >= 4 is 15.7 Å². The molecule has 1 aromatic carbocycles. The first-order valence-corrected chi connectivity index (χ1v) is 8.69.